The van der Waals surface area contributed by atoms with Gasteiger partial charge in [-0.15, -0.1) is 0 Å². The lowest BCUT2D eigenvalue weighted by molar-refractivity contribution is -0.00461. The Morgan fingerprint density at radius 2 is 1.95 bits per heavy atom. The Kier molecular flexibility index (Phi) is 4.01. The summed E-state index contributed by atoms with van der Waals surface area (Å²) in [5.74, 6) is 0.193. The fourth-order valence-corrected chi connectivity index (χ4v) is 3.38. The Balaban J connectivity index is 1.71. The Morgan fingerprint density at radius 3 is 2.48 bits per heavy atom. The summed E-state index contributed by atoms with van der Waals surface area (Å²) >= 11 is 1.32. The number of ether oxygens (including phenoxy) is 2. The molecule has 2 heterocycles. The molecule has 7 nitrogen and oxygen atoms in total. The number of methoxy groups -OCH3 is 2. The lowest BCUT2D eigenvalue weighted by Gasteiger charge is -2.14. The van der Waals surface area contributed by atoms with Crippen LogP contribution in [0.3, 0.4) is 0 Å². The number of amides is 1. The smallest absolute Gasteiger partial charge is 0.268 e. The first kappa shape index (κ1) is 14.6. The maximum absolute atomic E-state index is 12.6. The number of hydrogen-bond donors (Lipinski definition) is 2. The van der Waals surface area contributed by atoms with E-state index in [2.05, 4.69) is 10.3 Å². The molecule has 1 saturated heterocycles. The molecular weight excluding hydrogens is 292 g/mol. The molecule has 1 aromatic heterocycles. The molecule has 1 aliphatic heterocycles. The number of nitrogens with one attached hydrogen (secondary N) is 1. The van der Waals surface area contributed by atoms with Gasteiger partial charge in [0.15, 0.2) is 5.13 Å². The topological polar surface area (TPSA) is 89.7 Å². The number of aromatic nitrogens is 1. The minimum atomic E-state index is -0.101. The zero-order chi connectivity index (χ0) is 15.0. The molecule has 21 heavy (non-hydrogen) atoms. The first-order valence-electron chi connectivity index (χ1n) is 7.00. The lowest BCUT2D eigenvalue weighted by Crippen LogP contribution is -2.30. The fourth-order valence-electron chi connectivity index (χ4n) is 2.46. The van der Waals surface area contributed by atoms with E-state index in [0.29, 0.717) is 29.8 Å². The Labute approximate surface area is 127 Å². The number of thiazole rings is 1. The van der Waals surface area contributed by atoms with Crippen molar-refractivity contribution >= 4 is 28.2 Å². The average molecular weight is 312 g/mol. The summed E-state index contributed by atoms with van der Waals surface area (Å²) in [4.78, 5) is 19.0. The molecule has 1 saturated carbocycles. The van der Waals surface area contributed by atoms with Crippen LogP contribution < -0.4 is 11.1 Å². The van der Waals surface area contributed by atoms with E-state index in [9.17, 15) is 4.79 Å². The number of rotatable bonds is 5. The van der Waals surface area contributed by atoms with Gasteiger partial charge < -0.3 is 25.4 Å². The van der Waals surface area contributed by atoms with Crippen LogP contribution in [0.1, 0.15) is 22.5 Å². The van der Waals surface area contributed by atoms with Crippen molar-refractivity contribution in [1.82, 2.24) is 9.88 Å². The van der Waals surface area contributed by atoms with E-state index < -0.39 is 0 Å². The van der Waals surface area contributed by atoms with Crippen molar-refractivity contribution in [2.45, 2.75) is 31.1 Å². The molecule has 8 heteroatoms. The molecule has 1 aliphatic carbocycles. The van der Waals surface area contributed by atoms with Gasteiger partial charge in [0.1, 0.15) is 22.9 Å². The number of nitrogen functional groups attached to an aromatic ring is 1. The molecule has 0 bridgehead atoms. The summed E-state index contributed by atoms with van der Waals surface area (Å²) < 4.78 is 10.7. The van der Waals surface area contributed by atoms with Crippen molar-refractivity contribution in [3.8, 4) is 0 Å². The predicted octanol–water partition coefficient (Wildman–Crippen LogP) is 0.785. The van der Waals surface area contributed by atoms with Crippen LogP contribution in [0.4, 0.5) is 10.9 Å². The van der Waals surface area contributed by atoms with Crippen molar-refractivity contribution in [2.75, 3.05) is 38.4 Å². The van der Waals surface area contributed by atoms with Crippen molar-refractivity contribution in [1.29, 1.82) is 0 Å². The minimum Gasteiger partial charge on any atom is -0.382 e. The molecule has 2 unspecified atom stereocenters. The van der Waals surface area contributed by atoms with E-state index >= 15 is 0 Å². The van der Waals surface area contributed by atoms with Gasteiger partial charge in [-0.3, -0.25) is 4.79 Å². The Morgan fingerprint density at radius 1 is 1.33 bits per heavy atom. The van der Waals surface area contributed by atoms with E-state index in [-0.39, 0.29) is 18.1 Å². The van der Waals surface area contributed by atoms with Crippen LogP contribution in [0.2, 0.25) is 0 Å². The molecule has 2 aliphatic rings. The molecule has 116 valence electrons. The quantitative estimate of drug-likeness (QED) is 0.835. The lowest BCUT2D eigenvalue weighted by atomic mass is 10.3. The third-order valence-electron chi connectivity index (χ3n) is 3.86. The van der Waals surface area contributed by atoms with Crippen molar-refractivity contribution < 1.29 is 14.3 Å². The SMILES string of the molecule is COC1CN(C(=O)c2sc(NC3CC3)nc2N)CC1OC. The summed E-state index contributed by atoms with van der Waals surface area (Å²) in [6, 6.07) is 0.487. The van der Waals surface area contributed by atoms with Crippen LogP contribution in [0.25, 0.3) is 0 Å². The zero-order valence-electron chi connectivity index (χ0n) is 12.2. The first-order valence-corrected chi connectivity index (χ1v) is 7.81. The van der Waals surface area contributed by atoms with Gasteiger partial charge in [-0.25, -0.2) is 4.98 Å². The summed E-state index contributed by atoms with van der Waals surface area (Å²) in [5.41, 5.74) is 5.89. The van der Waals surface area contributed by atoms with Gasteiger partial charge >= 0.3 is 0 Å². The zero-order valence-corrected chi connectivity index (χ0v) is 13.0. The van der Waals surface area contributed by atoms with E-state index in [1.807, 2.05) is 0 Å². The van der Waals surface area contributed by atoms with E-state index in [1.165, 1.54) is 11.3 Å². The van der Waals surface area contributed by atoms with E-state index in [1.54, 1.807) is 19.1 Å². The number of nitrogens with zero attached hydrogens (tertiary/aromatic N) is 2. The molecule has 0 radical (unpaired) electrons. The Bertz CT molecular complexity index is 519. The van der Waals surface area contributed by atoms with Gasteiger partial charge in [0.05, 0.1) is 0 Å². The molecule has 3 rings (SSSR count). The summed E-state index contributed by atoms with van der Waals surface area (Å²) in [6.45, 7) is 1.02. The molecule has 2 atom stereocenters. The van der Waals surface area contributed by atoms with Crippen molar-refractivity contribution in [2.24, 2.45) is 0 Å². The largest absolute Gasteiger partial charge is 0.382 e. The van der Waals surface area contributed by atoms with Gasteiger partial charge in [0, 0.05) is 33.4 Å². The van der Waals surface area contributed by atoms with E-state index in [4.69, 9.17) is 15.2 Å². The minimum absolute atomic E-state index is 0.0999. The number of anilines is 2. The molecule has 1 aromatic rings. The number of nitrogens with two attached hydrogens (primary N) is 1. The van der Waals surface area contributed by atoms with Gasteiger partial charge in [0.25, 0.3) is 5.91 Å². The predicted molar refractivity (Wildman–Crippen MR) is 80.7 cm³/mol. The summed E-state index contributed by atoms with van der Waals surface area (Å²) in [6.07, 6.45) is 2.11. The molecule has 3 N–H and O–H groups in total. The van der Waals surface area contributed by atoms with Gasteiger partial charge in [-0.2, -0.15) is 0 Å². The molecule has 1 amide bonds. The highest BCUT2D eigenvalue weighted by atomic mass is 32.1. The molecular formula is C13H20N4O3S. The maximum atomic E-state index is 12.6. The van der Waals surface area contributed by atoms with Gasteiger partial charge in [0.2, 0.25) is 0 Å². The molecule has 0 aromatic carbocycles. The van der Waals surface area contributed by atoms with Crippen molar-refractivity contribution in [3.05, 3.63) is 4.88 Å². The number of hydrogen-bond acceptors (Lipinski definition) is 7. The molecule has 0 spiro atoms. The van der Waals surface area contributed by atoms with Crippen LogP contribution in [-0.4, -0.2) is 61.3 Å². The summed E-state index contributed by atoms with van der Waals surface area (Å²) in [5, 5.41) is 4.00. The standard InChI is InChI=1S/C13H20N4O3S/c1-19-8-5-17(6-9(8)20-2)12(18)10-11(14)16-13(21-10)15-7-3-4-7/h7-9H,3-6,14H2,1-2H3,(H,15,16). The van der Waals surface area contributed by atoms with Gasteiger partial charge in [-0.05, 0) is 12.8 Å². The van der Waals surface area contributed by atoms with Crippen LogP contribution in [0, 0.1) is 0 Å². The number of carbonyl (C=O) groups is 1. The van der Waals surface area contributed by atoms with Crippen LogP contribution in [-0.2, 0) is 9.47 Å². The second-order valence-corrected chi connectivity index (χ2v) is 6.41. The second kappa shape index (κ2) is 5.78. The van der Waals surface area contributed by atoms with Crippen LogP contribution >= 0.6 is 11.3 Å². The third-order valence-corrected chi connectivity index (χ3v) is 4.85. The third kappa shape index (κ3) is 2.97. The maximum Gasteiger partial charge on any atom is 0.268 e. The van der Waals surface area contributed by atoms with Crippen molar-refractivity contribution in [3.63, 3.8) is 0 Å². The monoisotopic (exact) mass is 312 g/mol. The number of likely N-dealkylation sites (tertiary alicyclic amines) is 1. The highest BCUT2D eigenvalue weighted by Crippen LogP contribution is 2.32. The van der Waals surface area contributed by atoms with E-state index in [0.717, 1.165) is 18.0 Å². The summed E-state index contributed by atoms with van der Waals surface area (Å²) in [7, 11) is 3.26. The van der Waals surface area contributed by atoms with Crippen LogP contribution in [0.15, 0.2) is 0 Å². The Hall–Kier alpha value is -1.38. The van der Waals surface area contributed by atoms with Crippen LogP contribution in [0.5, 0.6) is 0 Å². The molecule has 2 fully saturated rings. The van der Waals surface area contributed by atoms with Gasteiger partial charge in [-0.1, -0.05) is 11.3 Å². The second-order valence-electron chi connectivity index (χ2n) is 5.41. The number of carbonyl (C=O) groups excluding carboxylic acids is 1. The normalized spacial score (nSPS) is 25.3. The first-order chi connectivity index (χ1) is 10.1. The fraction of sp³-hybridized carbons (Fsp3) is 0.692. The average Bonchev–Trinajstić information content (AvgIpc) is 3.06. The highest BCUT2D eigenvalue weighted by molar-refractivity contribution is 7.18. The highest BCUT2D eigenvalue weighted by Gasteiger charge is 2.37.